The molecule has 2 amide bonds. The number of amides is 2. The molecule has 1 heterocycles. The average molecular weight is 409 g/mol. The average Bonchev–Trinajstić information content (AvgIpc) is 2.92. The molecule has 144 valence electrons. The van der Waals surface area contributed by atoms with E-state index in [2.05, 4.69) is 5.32 Å². The lowest BCUT2D eigenvalue weighted by Gasteiger charge is -2.09. The van der Waals surface area contributed by atoms with Gasteiger partial charge in [-0.1, -0.05) is 23.7 Å². The second kappa shape index (κ2) is 9.01. The number of esters is 1. The zero-order valence-electron chi connectivity index (χ0n) is 15.6. The van der Waals surface area contributed by atoms with Gasteiger partial charge in [0.15, 0.2) is 0 Å². The van der Waals surface area contributed by atoms with Crippen LogP contribution >= 0.6 is 22.9 Å². The van der Waals surface area contributed by atoms with Gasteiger partial charge in [-0.25, -0.2) is 4.79 Å². The predicted molar refractivity (Wildman–Crippen MR) is 107 cm³/mol. The van der Waals surface area contributed by atoms with Crippen molar-refractivity contribution in [2.45, 2.75) is 20.3 Å². The van der Waals surface area contributed by atoms with Crippen molar-refractivity contribution in [2.75, 3.05) is 26.0 Å². The molecule has 2 rings (SSSR count). The molecule has 0 aliphatic heterocycles. The lowest BCUT2D eigenvalue weighted by atomic mass is 10.1. The SMILES string of the molecule is CCOC(=O)c1c(NC(=O)Cc2ccc(Cl)cc2)sc(C(=O)N(C)C)c1C. The smallest absolute Gasteiger partial charge is 0.341 e. The summed E-state index contributed by atoms with van der Waals surface area (Å²) in [4.78, 5) is 39.0. The Labute approximate surface area is 167 Å². The van der Waals surface area contributed by atoms with Crippen molar-refractivity contribution >= 4 is 45.7 Å². The van der Waals surface area contributed by atoms with Crippen molar-refractivity contribution in [3.8, 4) is 0 Å². The van der Waals surface area contributed by atoms with Crippen LogP contribution < -0.4 is 5.32 Å². The molecule has 0 unspecified atom stereocenters. The van der Waals surface area contributed by atoms with E-state index >= 15 is 0 Å². The maximum absolute atomic E-state index is 12.4. The quantitative estimate of drug-likeness (QED) is 0.738. The zero-order chi connectivity index (χ0) is 20.1. The van der Waals surface area contributed by atoms with E-state index in [-0.39, 0.29) is 30.4 Å². The van der Waals surface area contributed by atoms with Gasteiger partial charge in [-0.3, -0.25) is 9.59 Å². The highest BCUT2D eigenvalue weighted by molar-refractivity contribution is 7.18. The second-order valence-electron chi connectivity index (χ2n) is 6.03. The van der Waals surface area contributed by atoms with Gasteiger partial charge in [-0.05, 0) is 37.1 Å². The summed E-state index contributed by atoms with van der Waals surface area (Å²) in [5.74, 6) is -1.10. The molecule has 0 aliphatic carbocycles. The Morgan fingerprint density at radius 3 is 2.37 bits per heavy atom. The molecule has 0 bridgehead atoms. The monoisotopic (exact) mass is 408 g/mol. The number of thiophene rings is 1. The number of hydrogen-bond donors (Lipinski definition) is 1. The minimum absolute atomic E-state index is 0.118. The molecule has 0 aliphatic rings. The van der Waals surface area contributed by atoms with E-state index < -0.39 is 5.97 Å². The van der Waals surface area contributed by atoms with Gasteiger partial charge in [0.2, 0.25) is 5.91 Å². The molecule has 1 aromatic carbocycles. The Hall–Kier alpha value is -2.38. The number of nitrogens with zero attached hydrogens (tertiary/aromatic N) is 1. The summed E-state index contributed by atoms with van der Waals surface area (Å²) in [6.07, 6.45) is 0.118. The molecule has 0 fully saturated rings. The number of nitrogens with one attached hydrogen (secondary N) is 1. The molecule has 0 saturated heterocycles. The number of ether oxygens (including phenoxy) is 1. The number of carbonyl (C=O) groups is 3. The minimum Gasteiger partial charge on any atom is -0.462 e. The summed E-state index contributed by atoms with van der Waals surface area (Å²) >= 11 is 6.93. The van der Waals surface area contributed by atoms with Gasteiger partial charge < -0.3 is 15.0 Å². The molecule has 1 N–H and O–H groups in total. The second-order valence-corrected chi connectivity index (χ2v) is 7.49. The highest BCUT2D eigenvalue weighted by Crippen LogP contribution is 2.34. The number of anilines is 1. The first kappa shape index (κ1) is 20.9. The maximum Gasteiger partial charge on any atom is 0.341 e. The third-order valence-electron chi connectivity index (χ3n) is 3.76. The maximum atomic E-state index is 12.4. The highest BCUT2D eigenvalue weighted by atomic mass is 35.5. The van der Waals surface area contributed by atoms with Crippen LogP contribution in [-0.4, -0.2) is 43.4 Å². The largest absolute Gasteiger partial charge is 0.462 e. The zero-order valence-corrected chi connectivity index (χ0v) is 17.2. The molecule has 2 aromatic rings. The van der Waals surface area contributed by atoms with Crippen LogP contribution in [0.4, 0.5) is 5.00 Å². The highest BCUT2D eigenvalue weighted by Gasteiger charge is 2.27. The third kappa shape index (κ3) is 5.08. The topological polar surface area (TPSA) is 75.7 Å². The van der Waals surface area contributed by atoms with E-state index in [0.29, 0.717) is 20.5 Å². The van der Waals surface area contributed by atoms with Crippen molar-refractivity contribution in [2.24, 2.45) is 0 Å². The fraction of sp³-hybridized carbons (Fsp3) is 0.316. The molecule has 0 spiro atoms. The standard InChI is InChI=1S/C19H21ClN2O4S/c1-5-26-19(25)15-11(2)16(18(24)22(3)4)27-17(15)21-14(23)10-12-6-8-13(20)9-7-12/h6-9H,5,10H2,1-4H3,(H,21,23). The van der Waals surface area contributed by atoms with Crippen molar-refractivity contribution in [1.29, 1.82) is 0 Å². The number of carbonyl (C=O) groups excluding carboxylic acids is 3. The third-order valence-corrected chi connectivity index (χ3v) is 5.20. The Kier molecular flexibility index (Phi) is 6.98. The molecule has 0 atom stereocenters. The molecule has 6 nitrogen and oxygen atoms in total. The van der Waals surface area contributed by atoms with Gasteiger partial charge in [0.1, 0.15) is 5.00 Å². The Balaban J connectivity index is 2.31. The first-order valence-electron chi connectivity index (χ1n) is 8.31. The summed E-state index contributed by atoms with van der Waals surface area (Å²) in [5.41, 5.74) is 1.50. The fourth-order valence-corrected chi connectivity index (χ4v) is 3.77. The first-order valence-corrected chi connectivity index (χ1v) is 9.50. The van der Waals surface area contributed by atoms with Crippen molar-refractivity contribution in [3.05, 3.63) is 50.9 Å². The molecule has 0 radical (unpaired) electrons. The lowest BCUT2D eigenvalue weighted by Crippen LogP contribution is -2.21. The van der Waals surface area contributed by atoms with E-state index in [4.69, 9.17) is 16.3 Å². The van der Waals surface area contributed by atoms with Crippen LogP contribution in [0.2, 0.25) is 5.02 Å². The van der Waals surface area contributed by atoms with Gasteiger partial charge in [0.25, 0.3) is 5.91 Å². The summed E-state index contributed by atoms with van der Waals surface area (Å²) in [6.45, 7) is 3.57. The van der Waals surface area contributed by atoms with Crippen LogP contribution in [0.15, 0.2) is 24.3 Å². The van der Waals surface area contributed by atoms with Crippen molar-refractivity contribution < 1.29 is 19.1 Å². The van der Waals surface area contributed by atoms with Gasteiger partial charge >= 0.3 is 5.97 Å². The summed E-state index contributed by atoms with van der Waals surface area (Å²) in [6, 6.07) is 6.93. The minimum atomic E-state index is -0.564. The molecule has 8 heteroatoms. The Bertz CT molecular complexity index is 859. The molecule has 0 saturated carbocycles. The van der Waals surface area contributed by atoms with Crippen LogP contribution in [0.1, 0.15) is 38.1 Å². The predicted octanol–water partition coefficient (Wildman–Crippen LogP) is 3.77. The molecular weight excluding hydrogens is 388 g/mol. The van der Waals surface area contributed by atoms with Crippen LogP contribution in [0.5, 0.6) is 0 Å². The van der Waals surface area contributed by atoms with Crippen LogP contribution in [0.3, 0.4) is 0 Å². The van der Waals surface area contributed by atoms with Crippen molar-refractivity contribution in [3.63, 3.8) is 0 Å². The summed E-state index contributed by atoms with van der Waals surface area (Å²) in [7, 11) is 3.26. The number of benzene rings is 1. The van der Waals surface area contributed by atoms with Crippen molar-refractivity contribution in [1.82, 2.24) is 4.90 Å². The molecule has 27 heavy (non-hydrogen) atoms. The summed E-state index contributed by atoms with van der Waals surface area (Å²) in [5, 5.41) is 3.65. The Morgan fingerprint density at radius 1 is 1.19 bits per heavy atom. The normalized spacial score (nSPS) is 10.4. The Morgan fingerprint density at radius 2 is 1.81 bits per heavy atom. The number of hydrogen-bond acceptors (Lipinski definition) is 5. The van der Waals surface area contributed by atoms with Gasteiger partial charge in [-0.15, -0.1) is 11.3 Å². The number of rotatable bonds is 6. The van der Waals surface area contributed by atoms with Gasteiger partial charge in [0, 0.05) is 19.1 Å². The number of halogens is 1. The lowest BCUT2D eigenvalue weighted by molar-refractivity contribution is -0.115. The fourth-order valence-electron chi connectivity index (χ4n) is 2.42. The summed E-state index contributed by atoms with van der Waals surface area (Å²) < 4.78 is 5.09. The molecule has 1 aromatic heterocycles. The van der Waals surface area contributed by atoms with E-state index in [1.165, 1.54) is 4.90 Å². The van der Waals surface area contributed by atoms with Crippen LogP contribution in [0.25, 0.3) is 0 Å². The van der Waals surface area contributed by atoms with E-state index in [0.717, 1.165) is 16.9 Å². The first-order chi connectivity index (χ1) is 12.7. The van der Waals surface area contributed by atoms with Crippen LogP contribution in [-0.2, 0) is 16.0 Å². The van der Waals surface area contributed by atoms with E-state index in [1.54, 1.807) is 52.2 Å². The van der Waals surface area contributed by atoms with E-state index in [1.807, 2.05) is 0 Å². The molecular formula is C19H21ClN2O4S. The van der Waals surface area contributed by atoms with Gasteiger partial charge in [-0.2, -0.15) is 0 Å². The van der Waals surface area contributed by atoms with Crippen LogP contribution in [0, 0.1) is 6.92 Å². The van der Waals surface area contributed by atoms with Gasteiger partial charge in [0.05, 0.1) is 23.5 Å². The van der Waals surface area contributed by atoms with E-state index in [9.17, 15) is 14.4 Å².